The third-order valence-electron chi connectivity index (χ3n) is 8.76. The van der Waals surface area contributed by atoms with Crippen molar-refractivity contribution in [1.29, 1.82) is 0 Å². The fourth-order valence-electron chi connectivity index (χ4n) is 7.00. The lowest BCUT2D eigenvalue weighted by Crippen LogP contribution is -2.37. The summed E-state index contributed by atoms with van der Waals surface area (Å²) in [6.45, 7) is 3.74. The quantitative estimate of drug-likeness (QED) is 0.282. The average molecular weight is 460 g/mol. The maximum absolute atomic E-state index is 2.78. The minimum absolute atomic E-state index is 0.683. The highest BCUT2D eigenvalue weighted by Crippen LogP contribution is 2.45. The van der Waals surface area contributed by atoms with E-state index in [9.17, 15) is 0 Å². The van der Waals surface area contributed by atoms with Gasteiger partial charge in [-0.05, 0) is 96.3 Å². The van der Waals surface area contributed by atoms with E-state index in [1.165, 1.54) is 73.6 Å². The summed E-state index contributed by atoms with van der Waals surface area (Å²) in [5.74, 6) is 2.94. The summed E-state index contributed by atoms with van der Waals surface area (Å²) in [7, 11) is 0. The average Bonchev–Trinajstić information content (AvgIpc) is 3.32. The summed E-state index contributed by atoms with van der Waals surface area (Å²) < 4.78 is 0. The summed E-state index contributed by atoms with van der Waals surface area (Å²) in [5.41, 5.74) is 4.62. The number of likely N-dealkylation sites (tertiary alicyclic amines) is 1. The van der Waals surface area contributed by atoms with Crippen LogP contribution in [-0.2, 0) is 6.42 Å². The molecular weight excluding hydrogens is 422 g/mol. The van der Waals surface area contributed by atoms with Gasteiger partial charge in [-0.25, -0.2) is 0 Å². The lowest BCUT2D eigenvalue weighted by atomic mass is 9.86. The molecule has 3 atom stereocenters. The molecule has 0 aromatic heterocycles. The fraction of sp³-hybridized carbons (Fsp3) is 0.353. The lowest BCUT2D eigenvalue weighted by Gasteiger charge is -2.35. The Hall–Kier alpha value is -2.90. The Morgan fingerprint density at radius 2 is 1.29 bits per heavy atom. The van der Waals surface area contributed by atoms with Gasteiger partial charge >= 0.3 is 0 Å². The summed E-state index contributed by atoms with van der Waals surface area (Å²) in [5, 5.41) is 2.82. The van der Waals surface area contributed by atoms with Crippen molar-refractivity contribution in [3.8, 4) is 0 Å². The van der Waals surface area contributed by atoms with Gasteiger partial charge in [-0.2, -0.15) is 0 Å². The predicted octanol–water partition coefficient (Wildman–Crippen LogP) is 8.07. The molecule has 1 unspecified atom stereocenters. The number of hydrogen-bond acceptors (Lipinski definition) is 1. The largest absolute Gasteiger partial charge is 0.303 e. The van der Waals surface area contributed by atoms with E-state index in [0.29, 0.717) is 5.92 Å². The zero-order chi connectivity index (χ0) is 23.5. The molecule has 1 aliphatic heterocycles. The Morgan fingerprint density at radius 1 is 0.629 bits per heavy atom. The van der Waals surface area contributed by atoms with Gasteiger partial charge in [0.1, 0.15) is 0 Å². The van der Waals surface area contributed by atoms with Gasteiger partial charge in [0.25, 0.3) is 0 Å². The van der Waals surface area contributed by atoms with E-state index in [-0.39, 0.29) is 0 Å². The third kappa shape index (κ3) is 5.07. The van der Waals surface area contributed by atoms with Crippen molar-refractivity contribution in [1.82, 2.24) is 4.90 Å². The molecule has 1 saturated carbocycles. The second-order valence-electron chi connectivity index (χ2n) is 10.9. The molecule has 6 rings (SSSR count). The standard InChI is InChI=1S/C34H37N/c1-3-10-27(11-4-1)28-18-20-35(21-19-28)25-32-23-26(24-34(32)30-12-5-2-6-13-30)22-31-16-9-15-29-14-7-8-17-33(29)31/h1-17,26,28,32,34H,18-25H2/t26?,32-,34-/m1/s1. The molecule has 1 nitrogen and oxygen atoms in total. The van der Waals surface area contributed by atoms with Crippen LogP contribution in [0.15, 0.2) is 103 Å². The van der Waals surface area contributed by atoms with E-state index in [2.05, 4.69) is 108 Å². The van der Waals surface area contributed by atoms with Gasteiger partial charge in [-0.1, -0.05) is 103 Å². The molecule has 2 aliphatic rings. The van der Waals surface area contributed by atoms with Gasteiger partial charge in [0.15, 0.2) is 0 Å². The Morgan fingerprint density at radius 3 is 2.06 bits per heavy atom. The number of rotatable bonds is 6. The first-order valence-electron chi connectivity index (χ1n) is 13.6. The van der Waals surface area contributed by atoms with Crippen molar-refractivity contribution in [2.24, 2.45) is 11.8 Å². The first-order valence-corrected chi connectivity index (χ1v) is 13.6. The van der Waals surface area contributed by atoms with Crippen molar-refractivity contribution < 1.29 is 0 Å². The maximum atomic E-state index is 2.78. The van der Waals surface area contributed by atoms with E-state index in [4.69, 9.17) is 0 Å². The van der Waals surface area contributed by atoms with Crippen molar-refractivity contribution in [2.45, 2.75) is 43.9 Å². The Labute approximate surface area is 210 Å². The second-order valence-corrected chi connectivity index (χ2v) is 10.9. The minimum atomic E-state index is 0.683. The van der Waals surface area contributed by atoms with Gasteiger partial charge in [0.2, 0.25) is 0 Å². The zero-order valence-corrected chi connectivity index (χ0v) is 20.7. The van der Waals surface area contributed by atoms with Gasteiger partial charge in [0, 0.05) is 6.54 Å². The number of fused-ring (bicyclic) bond motifs is 1. The van der Waals surface area contributed by atoms with Crippen molar-refractivity contribution in [2.75, 3.05) is 19.6 Å². The number of benzene rings is 4. The molecule has 0 radical (unpaired) electrons. The van der Waals surface area contributed by atoms with Crippen LogP contribution < -0.4 is 0 Å². The molecule has 4 aromatic carbocycles. The first kappa shape index (κ1) is 22.6. The molecule has 1 saturated heterocycles. The fourth-order valence-corrected chi connectivity index (χ4v) is 7.00. The van der Waals surface area contributed by atoms with Crippen LogP contribution in [0.2, 0.25) is 0 Å². The molecule has 0 spiro atoms. The van der Waals surface area contributed by atoms with E-state index in [1.807, 2.05) is 0 Å². The van der Waals surface area contributed by atoms with E-state index in [1.54, 1.807) is 5.56 Å². The van der Waals surface area contributed by atoms with Crippen LogP contribution in [0, 0.1) is 11.8 Å². The summed E-state index contributed by atoms with van der Waals surface area (Å²) >= 11 is 0. The highest BCUT2D eigenvalue weighted by atomic mass is 15.1. The van der Waals surface area contributed by atoms with E-state index >= 15 is 0 Å². The van der Waals surface area contributed by atoms with Gasteiger partial charge < -0.3 is 4.90 Å². The van der Waals surface area contributed by atoms with Gasteiger partial charge in [-0.15, -0.1) is 0 Å². The van der Waals surface area contributed by atoms with Gasteiger partial charge in [-0.3, -0.25) is 0 Å². The van der Waals surface area contributed by atoms with Gasteiger partial charge in [0.05, 0.1) is 0 Å². The first-order chi connectivity index (χ1) is 17.3. The molecule has 2 fully saturated rings. The zero-order valence-electron chi connectivity index (χ0n) is 20.7. The highest BCUT2D eigenvalue weighted by Gasteiger charge is 2.36. The van der Waals surface area contributed by atoms with Crippen molar-refractivity contribution >= 4 is 10.8 Å². The molecule has 0 N–H and O–H groups in total. The molecule has 35 heavy (non-hydrogen) atoms. The van der Waals surface area contributed by atoms with E-state index < -0.39 is 0 Å². The van der Waals surface area contributed by atoms with Crippen LogP contribution in [0.4, 0.5) is 0 Å². The number of hydrogen-bond donors (Lipinski definition) is 0. The summed E-state index contributed by atoms with van der Waals surface area (Å²) in [6.07, 6.45) is 6.47. The maximum Gasteiger partial charge on any atom is 0.00156 e. The molecule has 178 valence electrons. The Balaban J connectivity index is 1.16. The topological polar surface area (TPSA) is 3.24 Å². The van der Waals surface area contributed by atoms with Crippen molar-refractivity contribution in [3.05, 3.63) is 120 Å². The minimum Gasteiger partial charge on any atom is -0.303 e. The van der Waals surface area contributed by atoms with Crippen LogP contribution in [-0.4, -0.2) is 24.5 Å². The smallest absolute Gasteiger partial charge is 0.00156 e. The number of nitrogens with zero attached hydrogens (tertiary/aromatic N) is 1. The van der Waals surface area contributed by atoms with Crippen LogP contribution in [0.3, 0.4) is 0 Å². The predicted molar refractivity (Wildman–Crippen MR) is 148 cm³/mol. The summed E-state index contributed by atoms with van der Waals surface area (Å²) in [6, 6.07) is 38.3. The van der Waals surface area contributed by atoms with E-state index in [0.717, 1.165) is 17.8 Å². The van der Waals surface area contributed by atoms with Crippen LogP contribution >= 0.6 is 0 Å². The highest BCUT2D eigenvalue weighted by molar-refractivity contribution is 5.85. The second kappa shape index (κ2) is 10.4. The van der Waals surface area contributed by atoms with Crippen LogP contribution in [0.1, 0.15) is 54.2 Å². The monoisotopic (exact) mass is 459 g/mol. The molecule has 1 aliphatic carbocycles. The molecule has 0 bridgehead atoms. The number of piperidine rings is 1. The SMILES string of the molecule is c1ccc(C2CCN(C[C@H]3CC(Cc4cccc5ccccc45)C[C@@H]3c3ccccc3)CC2)cc1. The molecule has 4 aromatic rings. The third-order valence-corrected chi connectivity index (χ3v) is 8.76. The molecular formula is C34H37N. The Kier molecular flexibility index (Phi) is 6.69. The van der Waals surface area contributed by atoms with Crippen molar-refractivity contribution in [3.63, 3.8) is 0 Å². The van der Waals surface area contributed by atoms with Crippen LogP contribution in [0.5, 0.6) is 0 Å². The molecule has 1 heterocycles. The normalized spacial score (nSPS) is 23.6. The summed E-state index contributed by atoms with van der Waals surface area (Å²) in [4.78, 5) is 2.78. The van der Waals surface area contributed by atoms with Crippen LogP contribution in [0.25, 0.3) is 10.8 Å². The Bertz CT molecular complexity index is 1220. The molecule has 1 heteroatoms. The molecule has 0 amide bonds. The lowest BCUT2D eigenvalue weighted by molar-refractivity contribution is 0.176.